The van der Waals surface area contributed by atoms with E-state index in [0.29, 0.717) is 0 Å². The van der Waals surface area contributed by atoms with Gasteiger partial charge in [0, 0.05) is 31.4 Å². The summed E-state index contributed by atoms with van der Waals surface area (Å²) in [6, 6.07) is 1.96. The van der Waals surface area contributed by atoms with Crippen molar-refractivity contribution in [1.29, 1.82) is 0 Å². The Balaban J connectivity index is 1.85. The van der Waals surface area contributed by atoms with E-state index in [-0.39, 0.29) is 5.91 Å². The molecule has 1 saturated heterocycles. The monoisotopic (exact) mass is 253 g/mol. The van der Waals surface area contributed by atoms with Gasteiger partial charge in [0.2, 0.25) is 5.91 Å². The summed E-state index contributed by atoms with van der Waals surface area (Å²) < 4.78 is 0. The number of nitrogens with one attached hydrogen (secondary N) is 2. The molecule has 1 aromatic rings. The Morgan fingerprint density at radius 2 is 2.18 bits per heavy atom. The average molecular weight is 253 g/mol. The lowest BCUT2D eigenvalue weighted by atomic mass is 10.2. The lowest BCUT2D eigenvalue weighted by Gasteiger charge is -2.27. The molecule has 0 radical (unpaired) electrons. The van der Waals surface area contributed by atoms with Crippen molar-refractivity contribution in [1.82, 2.24) is 10.4 Å². The molecule has 0 atom stereocenters. The van der Waals surface area contributed by atoms with E-state index in [4.69, 9.17) is 0 Å². The van der Waals surface area contributed by atoms with Crippen LogP contribution in [0.3, 0.4) is 0 Å². The van der Waals surface area contributed by atoms with Gasteiger partial charge in [-0.25, -0.2) is 10.4 Å². The molecule has 0 spiro atoms. The van der Waals surface area contributed by atoms with Crippen molar-refractivity contribution >= 4 is 22.9 Å². The number of piperidine rings is 1. The van der Waals surface area contributed by atoms with Crippen LogP contribution in [0, 0.1) is 0 Å². The first kappa shape index (κ1) is 12.5. The number of hydrogen-bond acceptors (Lipinski definition) is 4. The van der Waals surface area contributed by atoms with Crippen LogP contribution in [0.2, 0.25) is 0 Å². The maximum absolute atomic E-state index is 11.0. The second-order valence-corrected chi connectivity index (χ2v) is 5.32. The van der Waals surface area contributed by atoms with E-state index in [1.807, 2.05) is 11.4 Å². The maximum atomic E-state index is 11.0. The van der Waals surface area contributed by atoms with Gasteiger partial charge in [-0.05, 0) is 24.3 Å². The van der Waals surface area contributed by atoms with Crippen LogP contribution < -0.4 is 10.7 Å². The highest BCUT2D eigenvalue weighted by molar-refractivity contribution is 7.10. The molecular weight excluding hydrogens is 234 g/mol. The number of amides is 1. The third-order valence-corrected chi connectivity index (χ3v) is 3.80. The first-order valence-corrected chi connectivity index (χ1v) is 6.96. The Hall–Kier alpha value is -0.910. The van der Waals surface area contributed by atoms with Crippen LogP contribution in [0.25, 0.3) is 0 Å². The second kappa shape index (κ2) is 6.14. The molecule has 1 aliphatic rings. The molecule has 1 fully saturated rings. The highest BCUT2D eigenvalue weighted by Gasteiger charge is 2.11. The molecule has 1 amide bonds. The highest BCUT2D eigenvalue weighted by atomic mass is 32.1. The fraction of sp³-hybridized carbons (Fsp3) is 0.583. The Bertz CT molecular complexity index is 372. The first-order chi connectivity index (χ1) is 8.25. The van der Waals surface area contributed by atoms with Gasteiger partial charge >= 0.3 is 0 Å². The number of carbonyl (C=O) groups is 1. The molecule has 0 bridgehead atoms. The first-order valence-electron chi connectivity index (χ1n) is 6.08. The van der Waals surface area contributed by atoms with E-state index < -0.39 is 0 Å². The molecule has 0 aliphatic carbocycles. The minimum atomic E-state index is -0.0115. The lowest BCUT2D eigenvalue weighted by molar-refractivity contribution is -0.114. The van der Waals surface area contributed by atoms with Gasteiger partial charge in [0.15, 0.2) is 0 Å². The van der Waals surface area contributed by atoms with Gasteiger partial charge in [-0.1, -0.05) is 6.42 Å². The number of thiophene rings is 1. The number of hydrogen-bond donors (Lipinski definition) is 2. The molecule has 1 aromatic heterocycles. The Kier molecular flexibility index (Phi) is 4.53. The number of anilines is 1. The lowest BCUT2D eigenvalue weighted by Crippen LogP contribution is -2.41. The molecule has 0 saturated carbocycles. The quantitative estimate of drug-likeness (QED) is 0.864. The van der Waals surface area contributed by atoms with Crippen LogP contribution in [-0.4, -0.2) is 24.0 Å². The maximum Gasteiger partial charge on any atom is 0.221 e. The molecule has 4 nitrogen and oxygen atoms in total. The van der Waals surface area contributed by atoms with Crippen LogP contribution in [0.5, 0.6) is 0 Å². The van der Waals surface area contributed by atoms with E-state index in [9.17, 15) is 4.79 Å². The molecule has 2 rings (SSSR count). The van der Waals surface area contributed by atoms with Gasteiger partial charge in [0.1, 0.15) is 0 Å². The van der Waals surface area contributed by atoms with Crippen LogP contribution in [0.15, 0.2) is 11.4 Å². The van der Waals surface area contributed by atoms with Crippen LogP contribution >= 0.6 is 11.3 Å². The molecule has 2 N–H and O–H groups in total. The average Bonchev–Trinajstić information content (AvgIpc) is 2.74. The summed E-state index contributed by atoms with van der Waals surface area (Å²) in [6.45, 7) is 4.59. The summed E-state index contributed by atoms with van der Waals surface area (Å²) >= 11 is 1.68. The topological polar surface area (TPSA) is 44.4 Å². The standard InChI is InChI=1S/C12H19N3OS/c1-10(16)14-11-5-8-17-12(11)9-13-15-6-3-2-4-7-15/h5,8,13H,2-4,6-7,9H2,1H3,(H,14,16). The Morgan fingerprint density at radius 1 is 1.41 bits per heavy atom. The SMILES string of the molecule is CC(=O)Nc1ccsc1CNN1CCCCC1. The summed E-state index contributed by atoms with van der Waals surface area (Å²) in [5.41, 5.74) is 4.37. The second-order valence-electron chi connectivity index (χ2n) is 4.32. The largest absolute Gasteiger partial charge is 0.325 e. The zero-order chi connectivity index (χ0) is 12.1. The van der Waals surface area contributed by atoms with Gasteiger partial charge in [0.05, 0.1) is 5.69 Å². The van der Waals surface area contributed by atoms with Gasteiger partial charge in [-0.3, -0.25) is 4.79 Å². The van der Waals surface area contributed by atoms with E-state index >= 15 is 0 Å². The van der Waals surface area contributed by atoms with Crippen molar-refractivity contribution in [3.8, 4) is 0 Å². The smallest absolute Gasteiger partial charge is 0.221 e. The van der Waals surface area contributed by atoms with Crippen molar-refractivity contribution in [2.24, 2.45) is 0 Å². The van der Waals surface area contributed by atoms with Crippen molar-refractivity contribution in [3.05, 3.63) is 16.3 Å². The minimum Gasteiger partial charge on any atom is -0.325 e. The zero-order valence-corrected chi connectivity index (χ0v) is 11.0. The molecule has 0 unspecified atom stereocenters. The van der Waals surface area contributed by atoms with E-state index in [2.05, 4.69) is 15.8 Å². The highest BCUT2D eigenvalue weighted by Crippen LogP contribution is 2.22. The van der Waals surface area contributed by atoms with Crippen LogP contribution in [0.4, 0.5) is 5.69 Å². The molecule has 1 aliphatic heterocycles. The molecular formula is C12H19N3OS. The van der Waals surface area contributed by atoms with E-state index in [1.165, 1.54) is 24.1 Å². The number of carbonyl (C=O) groups excluding carboxylic acids is 1. The number of nitrogens with zero attached hydrogens (tertiary/aromatic N) is 1. The Morgan fingerprint density at radius 3 is 2.88 bits per heavy atom. The molecule has 17 heavy (non-hydrogen) atoms. The molecule has 5 heteroatoms. The summed E-state index contributed by atoms with van der Waals surface area (Å²) in [4.78, 5) is 12.2. The summed E-state index contributed by atoms with van der Waals surface area (Å²) in [5.74, 6) is -0.0115. The zero-order valence-electron chi connectivity index (χ0n) is 10.2. The molecule has 2 heterocycles. The van der Waals surface area contributed by atoms with Gasteiger partial charge in [-0.15, -0.1) is 11.3 Å². The Labute approximate surface area is 106 Å². The van der Waals surface area contributed by atoms with Crippen molar-refractivity contribution in [3.63, 3.8) is 0 Å². The fourth-order valence-electron chi connectivity index (χ4n) is 2.01. The fourth-order valence-corrected chi connectivity index (χ4v) is 2.78. The summed E-state index contributed by atoms with van der Waals surface area (Å²) in [7, 11) is 0. The van der Waals surface area contributed by atoms with Gasteiger partial charge in [0.25, 0.3) is 0 Å². The van der Waals surface area contributed by atoms with E-state index in [0.717, 1.165) is 25.3 Å². The van der Waals surface area contributed by atoms with Crippen LogP contribution in [0.1, 0.15) is 31.1 Å². The minimum absolute atomic E-state index is 0.0115. The predicted molar refractivity (Wildman–Crippen MR) is 70.9 cm³/mol. The van der Waals surface area contributed by atoms with Crippen molar-refractivity contribution in [2.75, 3.05) is 18.4 Å². The van der Waals surface area contributed by atoms with Crippen molar-refractivity contribution in [2.45, 2.75) is 32.7 Å². The normalized spacial score (nSPS) is 17.0. The third-order valence-electron chi connectivity index (χ3n) is 2.88. The van der Waals surface area contributed by atoms with Gasteiger partial charge < -0.3 is 5.32 Å². The third kappa shape index (κ3) is 3.80. The van der Waals surface area contributed by atoms with E-state index in [1.54, 1.807) is 18.3 Å². The molecule has 94 valence electrons. The summed E-state index contributed by atoms with van der Waals surface area (Å²) in [5, 5.41) is 7.15. The molecule has 0 aromatic carbocycles. The number of hydrazine groups is 1. The van der Waals surface area contributed by atoms with Crippen LogP contribution in [-0.2, 0) is 11.3 Å². The summed E-state index contributed by atoms with van der Waals surface area (Å²) in [6.07, 6.45) is 3.89. The van der Waals surface area contributed by atoms with Gasteiger partial charge in [-0.2, -0.15) is 0 Å². The number of rotatable bonds is 4. The predicted octanol–water partition coefficient (Wildman–Crippen LogP) is 2.20. The van der Waals surface area contributed by atoms with Crippen molar-refractivity contribution < 1.29 is 4.79 Å².